The zero-order valence-corrected chi connectivity index (χ0v) is 12.2. The lowest BCUT2D eigenvalue weighted by Crippen LogP contribution is -2.28. The first-order valence-corrected chi connectivity index (χ1v) is 6.73. The van der Waals surface area contributed by atoms with Crippen molar-refractivity contribution < 1.29 is 14.3 Å². The molecule has 0 aromatic heterocycles. The molecule has 2 aromatic carbocycles. The fraction of sp³-hybridized carbons (Fsp3) is 0.176. The molecule has 0 saturated heterocycles. The predicted octanol–water partition coefficient (Wildman–Crippen LogP) is 3.19. The minimum Gasteiger partial charge on any atom is -0.497 e. The lowest BCUT2D eigenvalue weighted by Gasteiger charge is -2.12. The number of carbonyl (C=O) groups excluding carboxylic acids is 1. The maximum Gasteiger partial charge on any atom is 0.408 e. The Labute approximate surface area is 129 Å². The molecule has 2 aromatic rings. The van der Waals surface area contributed by atoms with Crippen LogP contribution in [0.15, 0.2) is 54.6 Å². The second kappa shape index (κ2) is 7.70. The fourth-order valence-corrected chi connectivity index (χ4v) is 1.87. The van der Waals surface area contributed by atoms with Gasteiger partial charge in [-0.2, -0.15) is 5.26 Å². The van der Waals surface area contributed by atoms with Gasteiger partial charge in [-0.25, -0.2) is 4.79 Å². The van der Waals surface area contributed by atoms with Crippen molar-refractivity contribution in [3.63, 3.8) is 0 Å². The van der Waals surface area contributed by atoms with Crippen LogP contribution in [0.4, 0.5) is 4.79 Å². The Morgan fingerprint density at radius 2 is 1.86 bits per heavy atom. The van der Waals surface area contributed by atoms with Crippen LogP contribution < -0.4 is 10.1 Å². The number of nitrogens with zero attached hydrogens (tertiary/aromatic N) is 1. The molecule has 1 amide bonds. The summed E-state index contributed by atoms with van der Waals surface area (Å²) < 4.78 is 10.2. The molecule has 1 atom stereocenters. The monoisotopic (exact) mass is 296 g/mol. The van der Waals surface area contributed by atoms with Gasteiger partial charge in [0.05, 0.1) is 13.2 Å². The van der Waals surface area contributed by atoms with Gasteiger partial charge in [0.25, 0.3) is 0 Å². The van der Waals surface area contributed by atoms with Crippen LogP contribution in [0.3, 0.4) is 0 Å². The van der Waals surface area contributed by atoms with Crippen LogP contribution in [0.5, 0.6) is 5.75 Å². The normalized spacial score (nSPS) is 11.1. The van der Waals surface area contributed by atoms with E-state index in [0.717, 1.165) is 5.56 Å². The van der Waals surface area contributed by atoms with Crippen molar-refractivity contribution in [3.05, 3.63) is 65.7 Å². The molecule has 0 aliphatic heterocycles. The zero-order valence-electron chi connectivity index (χ0n) is 12.2. The van der Waals surface area contributed by atoms with Crippen molar-refractivity contribution in [2.24, 2.45) is 0 Å². The average Bonchev–Trinajstić information content (AvgIpc) is 2.59. The van der Waals surface area contributed by atoms with Crippen molar-refractivity contribution in [2.75, 3.05) is 7.11 Å². The Kier molecular flexibility index (Phi) is 5.38. The van der Waals surface area contributed by atoms with E-state index in [9.17, 15) is 10.1 Å². The Bertz CT molecular complexity index is 648. The molecule has 0 bridgehead atoms. The van der Waals surface area contributed by atoms with Crippen LogP contribution >= 0.6 is 0 Å². The van der Waals surface area contributed by atoms with E-state index in [1.807, 2.05) is 36.4 Å². The number of ether oxygens (including phenoxy) is 2. The quantitative estimate of drug-likeness (QED) is 0.919. The standard InChI is InChI=1S/C17H16N2O3/c1-21-15-9-7-14(8-10-15)16(11-18)19-17(20)22-12-13-5-3-2-4-6-13/h2-10,16H,12H2,1H3,(H,19,20)/t16-/m1/s1. The minimum atomic E-state index is -0.769. The molecule has 0 unspecified atom stereocenters. The molecule has 0 aliphatic carbocycles. The van der Waals surface area contributed by atoms with Gasteiger partial charge in [-0.15, -0.1) is 0 Å². The number of rotatable bonds is 5. The smallest absolute Gasteiger partial charge is 0.408 e. The van der Waals surface area contributed by atoms with Gasteiger partial charge < -0.3 is 14.8 Å². The van der Waals surface area contributed by atoms with Crippen molar-refractivity contribution in [1.82, 2.24) is 5.32 Å². The third-order valence-corrected chi connectivity index (χ3v) is 3.05. The van der Waals surface area contributed by atoms with E-state index < -0.39 is 12.1 Å². The van der Waals surface area contributed by atoms with E-state index in [1.54, 1.807) is 31.4 Å². The molecule has 5 nitrogen and oxygen atoms in total. The molecular weight excluding hydrogens is 280 g/mol. The fourth-order valence-electron chi connectivity index (χ4n) is 1.87. The van der Waals surface area contributed by atoms with Gasteiger partial charge in [0.2, 0.25) is 0 Å². The van der Waals surface area contributed by atoms with Gasteiger partial charge in [0, 0.05) is 0 Å². The van der Waals surface area contributed by atoms with E-state index in [-0.39, 0.29) is 6.61 Å². The number of methoxy groups -OCH3 is 1. The number of amides is 1. The Morgan fingerprint density at radius 3 is 2.45 bits per heavy atom. The van der Waals surface area contributed by atoms with Gasteiger partial charge >= 0.3 is 6.09 Å². The summed E-state index contributed by atoms with van der Waals surface area (Å²) in [6.45, 7) is 0.160. The maximum absolute atomic E-state index is 11.8. The van der Waals surface area contributed by atoms with Crippen molar-refractivity contribution in [2.45, 2.75) is 12.6 Å². The molecule has 5 heteroatoms. The first-order valence-electron chi connectivity index (χ1n) is 6.73. The molecule has 0 aliphatic rings. The molecular formula is C17H16N2O3. The molecule has 2 rings (SSSR count). The van der Waals surface area contributed by atoms with Crippen LogP contribution in [-0.2, 0) is 11.3 Å². The molecule has 1 N–H and O–H groups in total. The number of nitrogens with one attached hydrogen (secondary N) is 1. The second-order valence-electron chi connectivity index (χ2n) is 4.54. The van der Waals surface area contributed by atoms with Crippen molar-refractivity contribution in [3.8, 4) is 11.8 Å². The van der Waals surface area contributed by atoms with Crippen LogP contribution in [0, 0.1) is 11.3 Å². The molecule has 0 fully saturated rings. The Morgan fingerprint density at radius 1 is 1.18 bits per heavy atom. The number of hydrogen-bond donors (Lipinski definition) is 1. The van der Waals surface area contributed by atoms with Gasteiger partial charge in [-0.1, -0.05) is 42.5 Å². The highest BCUT2D eigenvalue weighted by molar-refractivity contribution is 5.68. The van der Waals surface area contributed by atoms with E-state index in [0.29, 0.717) is 11.3 Å². The number of carbonyl (C=O) groups is 1. The highest BCUT2D eigenvalue weighted by Gasteiger charge is 2.14. The highest BCUT2D eigenvalue weighted by Crippen LogP contribution is 2.17. The van der Waals surface area contributed by atoms with E-state index in [4.69, 9.17) is 9.47 Å². The lowest BCUT2D eigenvalue weighted by atomic mass is 10.1. The Hall–Kier alpha value is -3.00. The minimum absolute atomic E-state index is 0.160. The first-order chi connectivity index (χ1) is 10.7. The topological polar surface area (TPSA) is 71.3 Å². The number of alkyl carbamates (subject to hydrolysis) is 1. The zero-order chi connectivity index (χ0) is 15.8. The van der Waals surface area contributed by atoms with E-state index in [1.165, 1.54) is 0 Å². The summed E-state index contributed by atoms with van der Waals surface area (Å²) >= 11 is 0. The van der Waals surface area contributed by atoms with Crippen LogP contribution in [0.2, 0.25) is 0 Å². The van der Waals surface area contributed by atoms with E-state index >= 15 is 0 Å². The maximum atomic E-state index is 11.8. The third kappa shape index (κ3) is 4.25. The predicted molar refractivity (Wildman–Crippen MR) is 81.1 cm³/mol. The summed E-state index contributed by atoms with van der Waals surface area (Å²) in [4.78, 5) is 11.8. The summed E-state index contributed by atoms with van der Waals surface area (Å²) in [5.41, 5.74) is 1.55. The van der Waals surface area contributed by atoms with Gasteiger partial charge in [0.15, 0.2) is 0 Å². The molecule has 22 heavy (non-hydrogen) atoms. The number of hydrogen-bond acceptors (Lipinski definition) is 4. The third-order valence-electron chi connectivity index (χ3n) is 3.05. The van der Waals surface area contributed by atoms with E-state index in [2.05, 4.69) is 5.32 Å². The lowest BCUT2D eigenvalue weighted by molar-refractivity contribution is 0.137. The SMILES string of the molecule is COc1ccc([C@@H](C#N)NC(=O)OCc2ccccc2)cc1. The molecule has 0 spiro atoms. The first kappa shape index (κ1) is 15.4. The molecule has 0 heterocycles. The number of nitriles is 1. The van der Waals surface area contributed by atoms with Crippen LogP contribution in [-0.4, -0.2) is 13.2 Å². The summed E-state index contributed by atoms with van der Waals surface area (Å²) in [5.74, 6) is 0.687. The summed E-state index contributed by atoms with van der Waals surface area (Å²) in [6.07, 6.45) is -0.633. The second-order valence-corrected chi connectivity index (χ2v) is 4.54. The van der Waals surface area contributed by atoms with Crippen molar-refractivity contribution in [1.29, 1.82) is 5.26 Å². The largest absolute Gasteiger partial charge is 0.497 e. The van der Waals surface area contributed by atoms with Gasteiger partial charge in [0.1, 0.15) is 18.4 Å². The summed E-state index contributed by atoms with van der Waals surface area (Å²) in [6, 6.07) is 17.5. The molecule has 0 saturated carbocycles. The van der Waals surface area contributed by atoms with Gasteiger partial charge in [-0.3, -0.25) is 0 Å². The summed E-state index contributed by atoms with van der Waals surface area (Å²) in [5, 5.41) is 11.7. The summed E-state index contributed by atoms with van der Waals surface area (Å²) in [7, 11) is 1.57. The van der Waals surface area contributed by atoms with Crippen LogP contribution in [0.1, 0.15) is 17.2 Å². The van der Waals surface area contributed by atoms with Crippen LogP contribution in [0.25, 0.3) is 0 Å². The molecule has 112 valence electrons. The Balaban J connectivity index is 1.91. The molecule has 0 radical (unpaired) electrons. The van der Waals surface area contributed by atoms with Crippen molar-refractivity contribution >= 4 is 6.09 Å². The highest BCUT2D eigenvalue weighted by atomic mass is 16.5. The number of benzene rings is 2. The average molecular weight is 296 g/mol. The van der Waals surface area contributed by atoms with Gasteiger partial charge in [-0.05, 0) is 23.3 Å².